The van der Waals surface area contributed by atoms with Gasteiger partial charge in [0.25, 0.3) is 5.91 Å². The van der Waals surface area contributed by atoms with Gasteiger partial charge in [0.15, 0.2) is 0 Å². The van der Waals surface area contributed by atoms with E-state index in [4.69, 9.17) is 0 Å². The number of nitrogens with one attached hydrogen (secondary N) is 1. The third kappa shape index (κ3) is 4.21. The zero-order valence-corrected chi connectivity index (χ0v) is 18.2. The molecule has 2 aromatic carbocycles. The summed E-state index contributed by atoms with van der Waals surface area (Å²) in [7, 11) is 0. The average molecular weight is 398 g/mol. The lowest BCUT2D eigenvalue weighted by Gasteiger charge is -2.15. The molecule has 0 aliphatic rings. The van der Waals surface area contributed by atoms with Crippen LogP contribution in [-0.2, 0) is 11.2 Å². The highest BCUT2D eigenvalue weighted by molar-refractivity contribution is 6.09. The fourth-order valence-corrected chi connectivity index (χ4v) is 3.76. The van der Waals surface area contributed by atoms with Crippen LogP contribution in [0.15, 0.2) is 54.1 Å². The molecule has 30 heavy (non-hydrogen) atoms. The van der Waals surface area contributed by atoms with Crippen molar-refractivity contribution in [2.45, 2.75) is 41.0 Å². The molecule has 0 spiro atoms. The fourth-order valence-electron chi connectivity index (χ4n) is 3.76. The zero-order chi connectivity index (χ0) is 21.8. The SMILES string of the molecule is CCc1ccc(NC(=O)C(C#N)=Cc2cc(C)n(-c3c(C)cccc3C)c2C)cc1. The fraction of sp³-hybridized carbons (Fsp3) is 0.231. The standard InChI is InChI=1S/C26H27N3O/c1-6-21-10-12-24(13-11-21)28-26(30)23(16-27)15-22-14-19(4)29(20(22)5)25-17(2)8-7-9-18(25)3/h7-15H,6H2,1-5H3,(H,28,30). The molecular weight excluding hydrogens is 370 g/mol. The Morgan fingerprint density at radius 1 is 1.07 bits per heavy atom. The number of anilines is 1. The number of hydrogen-bond donors (Lipinski definition) is 1. The number of hydrogen-bond acceptors (Lipinski definition) is 2. The average Bonchev–Trinajstić information content (AvgIpc) is 3.00. The second-order valence-electron chi connectivity index (χ2n) is 7.58. The van der Waals surface area contributed by atoms with Gasteiger partial charge in [-0.15, -0.1) is 0 Å². The maximum Gasteiger partial charge on any atom is 0.266 e. The normalized spacial score (nSPS) is 11.3. The molecule has 1 amide bonds. The molecule has 1 aromatic heterocycles. The lowest BCUT2D eigenvalue weighted by molar-refractivity contribution is -0.112. The quantitative estimate of drug-likeness (QED) is 0.436. The first-order valence-electron chi connectivity index (χ1n) is 10.1. The van der Waals surface area contributed by atoms with Gasteiger partial charge in [-0.3, -0.25) is 4.79 Å². The van der Waals surface area contributed by atoms with Crippen LogP contribution < -0.4 is 5.32 Å². The van der Waals surface area contributed by atoms with Crippen molar-refractivity contribution in [2.75, 3.05) is 5.32 Å². The molecule has 0 unspecified atom stereocenters. The minimum absolute atomic E-state index is 0.0799. The number of carbonyl (C=O) groups excluding carboxylic acids is 1. The molecule has 0 atom stereocenters. The first-order valence-corrected chi connectivity index (χ1v) is 10.1. The van der Waals surface area contributed by atoms with Crippen molar-refractivity contribution in [3.63, 3.8) is 0 Å². The summed E-state index contributed by atoms with van der Waals surface area (Å²) in [6.07, 6.45) is 2.61. The molecule has 0 radical (unpaired) electrons. The molecule has 0 aliphatic heterocycles. The Balaban J connectivity index is 1.94. The van der Waals surface area contributed by atoms with Gasteiger partial charge in [0, 0.05) is 17.1 Å². The lowest BCUT2D eigenvalue weighted by atomic mass is 10.1. The van der Waals surface area contributed by atoms with E-state index in [-0.39, 0.29) is 5.57 Å². The van der Waals surface area contributed by atoms with Crippen molar-refractivity contribution in [2.24, 2.45) is 0 Å². The smallest absolute Gasteiger partial charge is 0.266 e. The number of aryl methyl sites for hydroxylation is 4. The predicted molar refractivity (Wildman–Crippen MR) is 123 cm³/mol. The zero-order valence-electron chi connectivity index (χ0n) is 18.2. The van der Waals surface area contributed by atoms with Gasteiger partial charge in [-0.05, 0) is 80.6 Å². The Morgan fingerprint density at radius 3 is 2.27 bits per heavy atom. The number of carbonyl (C=O) groups is 1. The minimum Gasteiger partial charge on any atom is -0.321 e. The van der Waals surface area contributed by atoms with Crippen LogP contribution in [0.3, 0.4) is 0 Å². The van der Waals surface area contributed by atoms with E-state index in [1.807, 2.05) is 50.2 Å². The summed E-state index contributed by atoms with van der Waals surface area (Å²) in [4.78, 5) is 12.7. The number of para-hydroxylation sites is 1. The Hall–Kier alpha value is -3.58. The number of benzene rings is 2. The van der Waals surface area contributed by atoms with Crippen LogP contribution in [0, 0.1) is 39.0 Å². The molecule has 0 saturated heterocycles. The number of nitrogens with zero attached hydrogens (tertiary/aromatic N) is 2. The summed E-state index contributed by atoms with van der Waals surface area (Å²) in [5.74, 6) is -0.404. The van der Waals surface area contributed by atoms with E-state index in [0.29, 0.717) is 5.69 Å². The first kappa shape index (κ1) is 21.1. The molecule has 0 fully saturated rings. The number of rotatable bonds is 5. The molecular formula is C26H27N3O. The van der Waals surface area contributed by atoms with Crippen LogP contribution in [0.1, 0.15) is 40.6 Å². The summed E-state index contributed by atoms with van der Waals surface area (Å²) in [6.45, 7) is 10.3. The van der Waals surface area contributed by atoms with E-state index in [1.54, 1.807) is 6.08 Å². The van der Waals surface area contributed by atoms with Crippen molar-refractivity contribution < 1.29 is 4.79 Å². The van der Waals surface area contributed by atoms with Gasteiger partial charge in [-0.1, -0.05) is 37.3 Å². The molecule has 1 heterocycles. The Kier molecular flexibility index (Phi) is 6.23. The molecule has 0 saturated carbocycles. The highest BCUT2D eigenvalue weighted by Crippen LogP contribution is 2.27. The van der Waals surface area contributed by atoms with Gasteiger partial charge in [0.05, 0.1) is 5.69 Å². The van der Waals surface area contributed by atoms with E-state index in [2.05, 4.69) is 48.9 Å². The number of aromatic nitrogens is 1. The molecule has 152 valence electrons. The van der Waals surface area contributed by atoms with E-state index in [0.717, 1.165) is 29.1 Å². The maximum atomic E-state index is 12.7. The van der Waals surface area contributed by atoms with E-state index >= 15 is 0 Å². The van der Waals surface area contributed by atoms with Gasteiger partial charge >= 0.3 is 0 Å². The molecule has 3 aromatic rings. The molecule has 4 heteroatoms. The van der Waals surface area contributed by atoms with E-state index in [1.165, 1.54) is 16.7 Å². The van der Waals surface area contributed by atoms with Crippen LogP contribution >= 0.6 is 0 Å². The van der Waals surface area contributed by atoms with Crippen molar-refractivity contribution >= 4 is 17.7 Å². The van der Waals surface area contributed by atoms with Crippen molar-refractivity contribution in [1.29, 1.82) is 5.26 Å². The second kappa shape index (κ2) is 8.84. The largest absolute Gasteiger partial charge is 0.321 e. The Labute approximate surface area is 178 Å². The highest BCUT2D eigenvalue weighted by Gasteiger charge is 2.16. The van der Waals surface area contributed by atoms with Crippen LogP contribution in [0.25, 0.3) is 11.8 Å². The van der Waals surface area contributed by atoms with Gasteiger partial charge in [-0.2, -0.15) is 5.26 Å². The summed E-state index contributed by atoms with van der Waals surface area (Å²) in [5, 5.41) is 12.4. The first-order chi connectivity index (χ1) is 14.3. The molecule has 4 nitrogen and oxygen atoms in total. The van der Waals surface area contributed by atoms with Gasteiger partial charge < -0.3 is 9.88 Å². The minimum atomic E-state index is -0.404. The highest BCUT2D eigenvalue weighted by atomic mass is 16.1. The summed E-state index contributed by atoms with van der Waals surface area (Å²) >= 11 is 0. The van der Waals surface area contributed by atoms with Crippen LogP contribution in [0.4, 0.5) is 5.69 Å². The molecule has 0 bridgehead atoms. The summed E-state index contributed by atoms with van der Waals surface area (Å²) in [6, 6.07) is 18.0. The van der Waals surface area contributed by atoms with E-state index in [9.17, 15) is 10.1 Å². The number of amides is 1. The molecule has 1 N–H and O–H groups in total. The molecule has 0 aliphatic carbocycles. The van der Waals surface area contributed by atoms with Crippen LogP contribution in [0.5, 0.6) is 0 Å². The Bertz CT molecular complexity index is 1140. The monoisotopic (exact) mass is 397 g/mol. The summed E-state index contributed by atoms with van der Waals surface area (Å²) < 4.78 is 2.19. The topological polar surface area (TPSA) is 57.8 Å². The van der Waals surface area contributed by atoms with Gasteiger partial charge in [-0.25, -0.2) is 0 Å². The predicted octanol–water partition coefficient (Wildman–Crippen LogP) is 5.82. The Morgan fingerprint density at radius 2 is 1.70 bits per heavy atom. The van der Waals surface area contributed by atoms with Gasteiger partial charge in [0.2, 0.25) is 0 Å². The third-order valence-corrected chi connectivity index (χ3v) is 5.42. The van der Waals surface area contributed by atoms with E-state index < -0.39 is 5.91 Å². The van der Waals surface area contributed by atoms with Crippen LogP contribution in [0.2, 0.25) is 0 Å². The third-order valence-electron chi connectivity index (χ3n) is 5.42. The number of nitriles is 1. The summed E-state index contributed by atoms with van der Waals surface area (Å²) in [5.41, 5.74) is 8.39. The maximum absolute atomic E-state index is 12.7. The van der Waals surface area contributed by atoms with Crippen molar-refractivity contribution in [3.05, 3.63) is 87.7 Å². The van der Waals surface area contributed by atoms with Crippen LogP contribution in [-0.4, -0.2) is 10.5 Å². The molecule has 3 rings (SSSR count). The second-order valence-corrected chi connectivity index (χ2v) is 7.58. The van der Waals surface area contributed by atoms with Crippen molar-refractivity contribution in [3.8, 4) is 11.8 Å². The lowest BCUT2D eigenvalue weighted by Crippen LogP contribution is -2.13. The van der Waals surface area contributed by atoms with Crippen molar-refractivity contribution in [1.82, 2.24) is 4.57 Å². The van der Waals surface area contributed by atoms with Gasteiger partial charge in [0.1, 0.15) is 11.6 Å².